The quantitative estimate of drug-likeness (QED) is 0.556. The van der Waals surface area contributed by atoms with Crippen LogP contribution in [0.3, 0.4) is 0 Å². The first kappa shape index (κ1) is 10.3. The maximum absolute atomic E-state index is 8.56. The summed E-state index contributed by atoms with van der Waals surface area (Å²) in [6, 6.07) is 3.76. The Labute approximate surface area is 82.4 Å². The highest BCUT2D eigenvalue weighted by Gasteiger charge is 1.94. The molecule has 0 aromatic carbocycles. The second-order valence-electron chi connectivity index (χ2n) is 2.71. The van der Waals surface area contributed by atoms with Gasteiger partial charge < -0.3 is 10.8 Å². The molecule has 1 aromatic rings. The van der Waals surface area contributed by atoms with E-state index in [0.717, 1.165) is 23.6 Å². The number of rotatable bonds is 5. The molecule has 1 rings (SSSR count). The van der Waals surface area contributed by atoms with Gasteiger partial charge >= 0.3 is 0 Å². The van der Waals surface area contributed by atoms with Crippen LogP contribution in [0, 0.1) is 0 Å². The highest BCUT2D eigenvalue weighted by molar-refractivity contribution is 7.99. The summed E-state index contributed by atoms with van der Waals surface area (Å²) in [7, 11) is 0. The van der Waals surface area contributed by atoms with E-state index in [4.69, 9.17) is 10.8 Å². The Hall–Kier alpha value is -0.740. The molecule has 0 spiro atoms. The maximum atomic E-state index is 8.56. The van der Waals surface area contributed by atoms with E-state index in [2.05, 4.69) is 4.98 Å². The average Bonchev–Trinajstić information content (AvgIpc) is 2.15. The first-order valence-corrected chi connectivity index (χ1v) is 5.26. The van der Waals surface area contributed by atoms with Gasteiger partial charge in [-0.2, -0.15) is 0 Å². The van der Waals surface area contributed by atoms with Crippen molar-refractivity contribution in [3.63, 3.8) is 0 Å². The molecule has 4 heteroatoms. The van der Waals surface area contributed by atoms with E-state index in [1.807, 2.05) is 12.1 Å². The Morgan fingerprint density at radius 2 is 2.23 bits per heavy atom. The summed E-state index contributed by atoms with van der Waals surface area (Å²) in [5, 5.41) is 9.55. The van der Waals surface area contributed by atoms with Crippen molar-refractivity contribution < 1.29 is 5.11 Å². The van der Waals surface area contributed by atoms with Crippen molar-refractivity contribution in [1.29, 1.82) is 0 Å². The van der Waals surface area contributed by atoms with Crippen LogP contribution in [0.25, 0.3) is 0 Å². The highest BCUT2D eigenvalue weighted by Crippen LogP contribution is 2.17. The van der Waals surface area contributed by atoms with E-state index < -0.39 is 0 Å². The van der Waals surface area contributed by atoms with Gasteiger partial charge in [0.05, 0.1) is 16.9 Å². The van der Waals surface area contributed by atoms with E-state index in [1.165, 1.54) is 0 Å². The Kier molecular flexibility index (Phi) is 4.64. The van der Waals surface area contributed by atoms with Gasteiger partial charge in [-0.05, 0) is 30.7 Å². The summed E-state index contributed by atoms with van der Waals surface area (Å²) in [5.41, 5.74) is 6.19. The standard InChI is InChI=1S/C9H14N2OS/c10-8-3-4-9(11-7-8)13-6-2-1-5-12/h3-4,7,12H,1-2,5-6,10H2. The minimum absolute atomic E-state index is 0.274. The molecule has 0 radical (unpaired) electrons. The number of aromatic nitrogens is 1. The number of nitrogens with zero attached hydrogens (tertiary/aromatic N) is 1. The van der Waals surface area contributed by atoms with Crippen LogP contribution >= 0.6 is 11.8 Å². The third kappa shape index (κ3) is 4.15. The third-order valence-electron chi connectivity index (χ3n) is 1.56. The number of unbranched alkanes of at least 4 members (excludes halogenated alkanes) is 1. The van der Waals surface area contributed by atoms with Gasteiger partial charge in [0, 0.05) is 6.61 Å². The predicted molar refractivity (Wildman–Crippen MR) is 55.7 cm³/mol. The van der Waals surface area contributed by atoms with Gasteiger partial charge in [0.15, 0.2) is 0 Å². The van der Waals surface area contributed by atoms with Gasteiger partial charge in [-0.1, -0.05) is 0 Å². The van der Waals surface area contributed by atoms with Crippen molar-refractivity contribution in [1.82, 2.24) is 4.98 Å². The highest BCUT2D eigenvalue weighted by atomic mass is 32.2. The number of pyridine rings is 1. The van der Waals surface area contributed by atoms with E-state index >= 15 is 0 Å². The van der Waals surface area contributed by atoms with Crippen molar-refractivity contribution >= 4 is 17.4 Å². The molecule has 72 valence electrons. The number of hydrogen-bond donors (Lipinski definition) is 2. The van der Waals surface area contributed by atoms with Crippen LogP contribution in [0.2, 0.25) is 0 Å². The number of thioether (sulfide) groups is 1. The first-order chi connectivity index (χ1) is 6.33. The number of hydrogen-bond acceptors (Lipinski definition) is 4. The van der Waals surface area contributed by atoms with Crippen LogP contribution in [0.15, 0.2) is 23.4 Å². The van der Waals surface area contributed by atoms with Gasteiger partial charge in [-0.15, -0.1) is 11.8 Å². The van der Waals surface area contributed by atoms with E-state index in [-0.39, 0.29) is 6.61 Å². The maximum Gasteiger partial charge on any atom is 0.0961 e. The van der Waals surface area contributed by atoms with Crippen molar-refractivity contribution in [2.45, 2.75) is 17.9 Å². The molecular formula is C9H14N2OS. The van der Waals surface area contributed by atoms with Crippen LogP contribution < -0.4 is 5.73 Å². The molecule has 0 bridgehead atoms. The normalized spacial score (nSPS) is 10.2. The minimum Gasteiger partial charge on any atom is -0.397 e. The van der Waals surface area contributed by atoms with Gasteiger partial charge in [-0.3, -0.25) is 0 Å². The number of aliphatic hydroxyl groups is 1. The molecule has 13 heavy (non-hydrogen) atoms. The number of nitrogen functional groups attached to an aromatic ring is 1. The van der Waals surface area contributed by atoms with Gasteiger partial charge in [-0.25, -0.2) is 4.98 Å². The molecule has 0 fully saturated rings. The van der Waals surface area contributed by atoms with Crippen LogP contribution in [0.1, 0.15) is 12.8 Å². The molecule has 0 atom stereocenters. The van der Waals surface area contributed by atoms with E-state index in [1.54, 1.807) is 18.0 Å². The summed E-state index contributed by atoms with van der Waals surface area (Å²) in [4.78, 5) is 4.15. The van der Waals surface area contributed by atoms with Crippen molar-refractivity contribution in [3.8, 4) is 0 Å². The molecule has 0 amide bonds. The molecule has 1 aromatic heterocycles. The van der Waals surface area contributed by atoms with Gasteiger partial charge in [0.2, 0.25) is 0 Å². The largest absolute Gasteiger partial charge is 0.397 e. The molecule has 0 saturated carbocycles. The van der Waals surface area contributed by atoms with Gasteiger partial charge in [0.1, 0.15) is 0 Å². The van der Waals surface area contributed by atoms with Crippen molar-refractivity contribution in [3.05, 3.63) is 18.3 Å². The summed E-state index contributed by atoms with van der Waals surface area (Å²) in [5.74, 6) is 0.997. The smallest absolute Gasteiger partial charge is 0.0961 e. The monoisotopic (exact) mass is 198 g/mol. The Morgan fingerprint density at radius 1 is 1.38 bits per heavy atom. The second kappa shape index (κ2) is 5.83. The molecule has 3 nitrogen and oxygen atoms in total. The van der Waals surface area contributed by atoms with Crippen LogP contribution in [0.5, 0.6) is 0 Å². The fraction of sp³-hybridized carbons (Fsp3) is 0.444. The molecule has 1 heterocycles. The van der Waals surface area contributed by atoms with Gasteiger partial charge in [0.25, 0.3) is 0 Å². The Bertz CT molecular complexity index is 238. The fourth-order valence-electron chi connectivity index (χ4n) is 0.868. The average molecular weight is 198 g/mol. The first-order valence-electron chi connectivity index (χ1n) is 4.28. The van der Waals surface area contributed by atoms with Crippen LogP contribution in [-0.2, 0) is 0 Å². The zero-order chi connectivity index (χ0) is 9.52. The Balaban J connectivity index is 2.25. The SMILES string of the molecule is Nc1ccc(SCCCCO)nc1. The molecular weight excluding hydrogens is 184 g/mol. The lowest BCUT2D eigenvalue weighted by atomic mass is 10.4. The Morgan fingerprint density at radius 3 is 2.85 bits per heavy atom. The lowest BCUT2D eigenvalue weighted by Gasteiger charge is -1.99. The topological polar surface area (TPSA) is 59.1 Å². The fourth-order valence-corrected chi connectivity index (χ4v) is 1.72. The van der Waals surface area contributed by atoms with Crippen molar-refractivity contribution in [2.75, 3.05) is 18.1 Å². The summed E-state index contributed by atoms with van der Waals surface area (Å²) in [6.07, 6.45) is 3.55. The zero-order valence-corrected chi connectivity index (χ0v) is 8.26. The second-order valence-corrected chi connectivity index (χ2v) is 3.82. The summed E-state index contributed by atoms with van der Waals surface area (Å²) in [6.45, 7) is 0.274. The summed E-state index contributed by atoms with van der Waals surface area (Å²) < 4.78 is 0. The minimum atomic E-state index is 0.274. The molecule has 3 N–H and O–H groups in total. The lowest BCUT2D eigenvalue weighted by molar-refractivity contribution is 0.287. The molecule has 0 unspecified atom stereocenters. The van der Waals surface area contributed by atoms with Crippen LogP contribution in [-0.4, -0.2) is 22.5 Å². The predicted octanol–water partition coefficient (Wildman–Crippen LogP) is 1.53. The summed E-state index contributed by atoms with van der Waals surface area (Å²) >= 11 is 1.69. The van der Waals surface area contributed by atoms with E-state index in [0.29, 0.717) is 5.69 Å². The molecule has 0 aliphatic rings. The third-order valence-corrected chi connectivity index (χ3v) is 2.59. The number of anilines is 1. The molecule has 0 aliphatic carbocycles. The zero-order valence-electron chi connectivity index (χ0n) is 7.44. The molecule has 0 aliphatic heterocycles. The van der Waals surface area contributed by atoms with E-state index in [9.17, 15) is 0 Å². The van der Waals surface area contributed by atoms with Crippen LogP contribution in [0.4, 0.5) is 5.69 Å². The lowest BCUT2D eigenvalue weighted by Crippen LogP contribution is -1.89. The molecule has 0 saturated heterocycles. The number of nitrogens with two attached hydrogens (primary N) is 1. The number of aliphatic hydroxyl groups excluding tert-OH is 1. The van der Waals surface area contributed by atoms with Crippen molar-refractivity contribution in [2.24, 2.45) is 0 Å².